The van der Waals surface area contributed by atoms with E-state index in [0.717, 1.165) is 28.1 Å². The van der Waals surface area contributed by atoms with Crippen molar-refractivity contribution in [3.63, 3.8) is 0 Å². The van der Waals surface area contributed by atoms with E-state index in [2.05, 4.69) is 13.8 Å². The molecule has 37 heavy (non-hydrogen) atoms. The number of allylic oxidation sites excluding steroid dienone is 2. The molecule has 184 valence electrons. The van der Waals surface area contributed by atoms with Gasteiger partial charge in [0.05, 0.1) is 17.2 Å². The van der Waals surface area contributed by atoms with E-state index in [9.17, 15) is 14.4 Å². The SMILES string of the molecule is Cc1cccc(C(=O)Oc2ccc([C@@H]3C4=C(CC(C)(C)CC4=O)N=C4c5ccccc5C(=O)[C@H]43)cc2)c1. The fourth-order valence-corrected chi connectivity index (χ4v) is 5.93. The number of nitrogens with zero attached hydrogens (tertiary/aromatic N) is 1. The van der Waals surface area contributed by atoms with Gasteiger partial charge in [0.2, 0.25) is 0 Å². The number of aryl methyl sites for hydroxylation is 1. The van der Waals surface area contributed by atoms with E-state index in [4.69, 9.17) is 9.73 Å². The second-order valence-corrected chi connectivity index (χ2v) is 11.0. The Kier molecular flexibility index (Phi) is 5.34. The zero-order valence-electron chi connectivity index (χ0n) is 21.1. The largest absolute Gasteiger partial charge is 0.423 e. The number of esters is 1. The Labute approximate surface area is 215 Å². The number of aliphatic imine (C=N–C) groups is 1. The molecule has 0 saturated carbocycles. The minimum atomic E-state index is -0.540. The number of ketones is 2. The lowest BCUT2D eigenvalue weighted by Crippen LogP contribution is -2.37. The first kappa shape index (κ1) is 23.3. The third kappa shape index (κ3) is 3.95. The fourth-order valence-electron chi connectivity index (χ4n) is 5.93. The highest BCUT2D eigenvalue weighted by Gasteiger charge is 2.50. The molecule has 0 bridgehead atoms. The molecule has 0 saturated heterocycles. The van der Waals surface area contributed by atoms with Gasteiger partial charge in [-0.2, -0.15) is 0 Å². The molecule has 2 aliphatic carbocycles. The Morgan fingerprint density at radius 1 is 0.892 bits per heavy atom. The lowest BCUT2D eigenvalue weighted by atomic mass is 9.66. The van der Waals surface area contributed by atoms with Crippen LogP contribution in [-0.4, -0.2) is 23.2 Å². The molecule has 0 N–H and O–H groups in total. The van der Waals surface area contributed by atoms with E-state index >= 15 is 0 Å². The van der Waals surface area contributed by atoms with Crippen LogP contribution in [0.25, 0.3) is 0 Å². The number of benzene rings is 3. The Morgan fingerprint density at radius 3 is 2.35 bits per heavy atom. The third-order valence-corrected chi connectivity index (χ3v) is 7.55. The van der Waals surface area contributed by atoms with Gasteiger partial charge in [0, 0.05) is 34.7 Å². The lowest BCUT2D eigenvalue weighted by molar-refractivity contribution is -0.118. The van der Waals surface area contributed by atoms with Crippen LogP contribution in [0.2, 0.25) is 0 Å². The van der Waals surface area contributed by atoms with Gasteiger partial charge in [-0.25, -0.2) is 4.79 Å². The molecule has 2 atom stereocenters. The lowest BCUT2D eigenvalue weighted by Gasteiger charge is -2.38. The van der Waals surface area contributed by atoms with Gasteiger partial charge in [0.15, 0.2) is 11.6 Å². The summed E-state index contributed by atoms with van der Waals surface area (Å²) in [5.41, 5.74) is 5.82. The molecule has 0 unspecified atom stereocenters. The first-order valence-electron chi connectivity index (χ1n) is 12.6. The molecule has 3 aromatic rings. The van der Waals surface area contributed by atoms with Gasteiger partial charge in [0.25, 0.3) is 0 Å². The first-order valence-corrected chi connectivity index (χ1v) is 12.6. The van der Waals surface area contributed by atoms with Crippen LogP contribution in [0.15, 0.2) is 89.1 Å². The Morgan fingerprint density at radius 2 is 1.62 bits per heavy atom. The summed E-state index contributed by atoms with van der Waals surface area (Å²) in [5, 5.41) is 0. The summed E-state index contributed by atoms with van der Waals surface area (Å²) in [7, 11) is 0. The van der Waals surface area contributed by atoms with Crippen LogP contribution in [0.1, 0.15) is 70.0 Å². The highest BCUT2D eigenvalue weighted by molar-refractivity contribution is 6.30. The van der Waals surface area contributed by atoms with Crippen molar-refractivity contribution in [3.05, 3.63) is 112 Å². The summed E-state index contributed by atoms with van der Waals surface area (Å²) < 4.78 is 5.60. The molecule has 5 heteroatoms. The third-order valence-electron chi connectivity index (χ3n) is 7.55. The zero-order chi connectivity index (χ0) is 25.9. The minimum absolute atomic E-state index is 0.00140. The summed E-state index contributed by atoms with van der Waals surface area (Å²) >= 11 is 0. The van der Waals surface area contributed by atoms with Crippen molar-refractivity contribution in [2.45, 2.75) is 39.5 Å². The Balaban J connectivity index is 1.39. The highest BCUT2D eigenvalue weighted by Crippen LogP contribution is 2.51. The second kappa shape index (κ2) is 8.48. The van der Waals surface area contributed by atoms with Gasteiger partial charge in [-0.15, -0.1) is 0 Å². The van der Waals surface area contributed by atoms with Crippen LogP contribution < -0.4 is 4.74 Å². The highest BCUT2D eigenvalue weighted by atomic mass is 16.5. The normalized spacial score (nSPS) is 21.6. The average Bonchev–Trinajstić information content (AvgIpc) is 3.14. The molecular formula is C32H27NO4. The molecule has 1 heterocycles. The molecule has 0 aromatic heterocycles. The van der Waals surface area contributed by atoms with E-state index in [1.165, 1.54) is 0 Å². The fraction of sp³-hybridized carbons (Fsp3) is 0.250. The van der Waals surface area contributed by atoms with Crippen molar-refractivity contribution >= 4 is 23.2 Å². The molecule has 6 rings (SSSR count). The Hall–Kier alpha value is -4.12. The van der Waals surface area contributed by atoms with E-state index in [-0.39, 0.29) is 17.0 Å². The molecule has 0 spiro atoms. The standard InChI is InChI=1S/C32H27NO4/c1-18-7-6-8-20(15-18)31(36)37-21-13-11-19(12-14-21)26-27-24(16-32(2,3)17-25(27)34)33-29-22-9-4-5-10-23(22)30(35)28(26)29/h4-15,26,28H,16-17H2,1-3H3/t26-,28+/m1/s1. The van der Waals surface area contributed by atoms with E-state index in [0.29, 0.717) is 35.3 Å². The predicted octanol–water partition coefficient (Wildman–Crippen LogP) is 6.26. The molecule has 0 fully saturated rings. The summed E-state index contributed by atoms with van der Waals surface area (Å²) in [5.74, 6) is -0.934. The van der Waals surface area contributed by atoms with E-state index in [1.54, 1.807) is 24.3 Å². The molecule has 0 amide bonds. The van der Waals surface area contributed by atoms with Crippen LogP contribution in [0, 0.1) is 18.3 Å². The van der Waals surface area contributed by atoms with Crippen LogP contribution >= 0.6 is 0 Å². The number of Topliss-reactive ketones (excluding diaryl/α,β-unsaturated/α-hetero) is 2. The summed E-state index contributed by atoms with van der Waals surface area (Å²) in [6.45, 7) is 6.09. The second-order valence-electron chi connectivity index (χ2n) is 11.0. The van der Waals surface area contributed by atoms with Gasteiger partial charge >= 0.3 is 5.97 Å². The number of fused-ring (bicyclic) bond motifs is 3. The molecule has 0 radical (unpaired) electrons. The summed E-state index contributed by atoms with van der Waals surface area (Å²) in [4.78, 5) is 44.7. The topological polar surface area (TPSA) is 72.8 Å². The van der Waals surface area contributed by atoms with Gasteiger partial charge in [-0.3, -0.25) is 14.6 Å². The monoisotopic (exact) mass is 489 g/mol. The quantitative estimate of drug-likeness (QED) is 0.322. The smallest absolute Gasteiger partial charge is 0.343 e. The number of carbonyl (C=O) groups is 3. The molecule has 3 aliphatic rings. The molecule has 3 aromatic carbocycles. The predicted molar refractivity (Wildman–Crippen MR) is 141 cm³/mol. The summed E-state index contributed by atoms with van der Waals surface area (Å²) in [6.07, 6.45) is 1.11. The number of carbonyl (C=O) groups excluding carboxylic acids is 3. The van der Waals surface area contributed by atoms with Crippen molar-refractivity contribution in [2.24, 2.45) is 16.3 Å². The van der Waals surface area contributed by atoms with Crippen LogP contribution in [-0.2, 0) is 4.79 Å². The van der Waals surface area contributed by atoms with Crippen molar-refractivity contribution in [2.75, 3.05) is 0 Å². The number of hydrogen-bond acceptors (Lipinski definition) is 5. The van der Waals surface area contributed by atoms with Crippen molar-refractivity contribution in [3.8, 4) is 5.75 Å². The number of ether oxygens (including phenoxy) is 1. The van der Waals surface area contributed by atoms with E-state index < -0.39 is 17.8 Å². The van der Waals surface area contributed by atoms with Crippen LogP contribution in [0.3, 0.4) is 0 Å². The van der Waals surface area contributed by atoms with Gasteiger partial charge < -0.3 is 4.74 Å². The number of hydrogen-bond donors (Lipinski definition) is 0. The molecule has 1 aliphatic heterocycles. The van der Waals surface area contributed by atoms with E-state index in [1.807, 2.05) is 55.5 Å². The maximum atomic E-state index is 13.6. The Bertz CT molecular complexity index is 1540. The van der Waals surface area contributed by atoms with Crippen molar-refractivity contribution in [1.29, 1.82) is 0 Å². The maximum absolute atomic E-state index is 13.6. The number of rotatable bonds is 3. The van der Waals surface area contributed by atoms with Gasteiger partial charge in [0.1, 0.15) is 5.75 Å². The van der Waals surface area contributed by atoms with Crippen molar-refractivity contribution in [1.82, 2.24) is 0 Å². The summed E-state index contributed by atoms with van der Waals surface area (Å²) in [6, 6.07) is 22.0. The molecule has 5 nitrogen and oxygen atoms in total. The minimum Gasteiger partial charge on any atom is -0.423 e. The average molecular weight is 490 g/mol. The van der Waals surface area contributed by atoms with Crippen LogP contribution in [0.5, 0.6) is 5.75 Å². The maximum Gasteiger partial charge on any atom is 0.343 e. The van der Waals surface area contributed by atoms with Crippen molar-refractivity contribution < 1.29 is 19.1 Å². The van der Waals surface area contributed by atoms with Gasteiger partial charge in [-0.1, -0.05) is 67.9 Å². The molecular weight excluding hydrogens is 462 g/mol. The first-order chi connectivity index (χ1) is 17.7. The van der Waals surface area contributed by atoms with Crippen LogP contribution in [0.4, 0.5) is 0 Å². The zero-order valence-corrected chi connectivity index (χ0v) is 21.1. The van der Waals surface area contributed by atoms with Gasteiger partial charge in [-0.05, 0) is 48.6 Å².